The van der Waals surface area contributed by atoms with Crippen LogP contribution in [0.15, 0.2) is 12.1 Å². The van der Waals surface area contributed by atoms with Crippen molar-refractivity contribution in [3.8, 4) is 0 Å². The number of hydrogen-bond acceptors (Lipinski definition) is 4. The van der Waals surface area contributed by atoms with Crippen LogP contribution in [-0.4, -0.2) is 33.7 Å². The molecule has 2 unspecified atom stereocenters. The second-order valence-corrected chi connectivity index (χ2v) is 5.49. The van der Waals surface area contributed by atoms with Crippen LogP contribution in [0.3, 0.4) is 0 Å². The molecule has 0 bridgehead atoms. The van der Waals surface area contributed by atoms with Crippen LogP contribution in [0, 0.1) is 0 Å². The van der Waals surface area contributed by atoms with E-state index < -0.39 is 0 Å². The lowest BCUT2D eigenvalue weighted by atomic mass is 10.2. The number of rotatable bonds is 3. The largest absolute Gasteiger partial charge is 0.347 e. The summed E-state index contributed by atoms with van der Waals surface area (Å²) in [5.41, 5.74) is 0.321. The van der Waals surface area contributed by atoms with Crippen LogP contribution >= 0.6 is 23.4 Å². The van der Waals surface area contributed by atoms with Crippen molar-refractivity contribution in [1.82, 2.24) is 15.5 Å². The fraction of sp³-hybridized carbons (Fsp3) is 0.545. The maximum Gasteiger partial charge on any atom is 0.272 e. The zero-order valence-corrected chi connectivity index (χ0v) is 11.1. The van der Waals surface area contributed by atoms with Crippen molar-refractivity contribution in [2.75, 3.05) is 6.26 Å². The van der Waals surface area contributed by atoms with Crippen LogP contribution < -0.4 is 5.32 Å². The molecule has 0 aromatic carbocycles. The lowest BCUT2D eigenvalue weighted by Crippen LogP contribution is -2.39. The van der Waals surface area contributed by atoms with E-state index in [9.17, 15) is 4.79 Å². The average molecular weight is 272 g/mol. The summed E-state index contributed by atoms with van der Waals surface area (Å²) in [6, 6.07) is 3.41. The van der Waals surface area contributed by atoms with Crippen LogP contribution in [-0.2, 0) is 0 Å². The van der Waals surface area contributed by atoms with Gasteiger partial charge < -0.3 is 5.32 Å². The summed E-state index contributed by atoms with van der Waals surface area (Å²) in [6.07, 6.45) is 5.46. The summed E-state index contributed by atoms with van der Waals surface area (Å²) in [7, 11) is 0. The van der Waals surface area contributed by atoms with Gasteiger partial charge in [-0.15, -0.1) is 10.2 Å². The molecule has 4 nitrogen and oxygen atoms in total. The first-order valence-corrected chi connectivity index (χ1v) is 7.20. The first-order chi connectivity index (χ1) is 8.20. The Hall–Kier alpha value is -0.810. The number of hydrogen-bond donors (Lipinski definition) is 1. The van der Waals surface area contributed by atoms with Crippen LogP contribution in [0.1, 0.15) is 29.8 Å². The van der Waals surface area contributed by atoms with Gasteiger partial charge in [0.2, 0.25) is 0 Å². The van der Waals surface area contributed by atoms with Crippen molar-refractivity contribution in [2.24, 2.45) is 0 Å². The van der Waals surface area contributed by atoms with Gasteiger partial charge in [-0.05, 0) is 31.2 Å². The normalized spacial score (nSPS) is 23.6. The molecule has 17 heavy (non-hydrogen) atoms. The SMILES string of the molecule is CSC1CCCC1NC(=O)c1ccc(Cl)nn1. The molecule has 1 heterocycles. The number of nitrogens with zero attached hydrogens (tertiary/aromatic N) is 2. The van der Waals surface area contributed by atoms with E-state index in [1.165, 1.54) is 12.8 Å². The van der Waals surface area contributed by atoms with E-state index in [1.54, 1.807) is 12.1 Å². The predicted octanol–water partition coefficient (Wildman–Crippen LogP) is 2.14. The molecular weight excluding hydrogens is 258 g/mol. The number of thioether (sulfide) groups is 1. The van der Waals surface area contributed by atoms with Gasteiger partial charge in [-0.25, -0.2) is 0 Å². The van der Waals surface area contributed by atoms with Crippen molar-refractivity contribution in [1.29, 1.82) is 0 Å². The first-order valence-electron chi connectivity index (χ1n) is 5.53. The topological polar surface area (TPSA) is 54.9 Å². The Morgan fingerprint density at radius 2 is 2.29 bits per heavy atom. The van der Waals surface area contributed by atoms with Gasteiger partial charge in [0.15, 0.2) is 10.8 Å². The highest BCUT2D eigenvalue weighted by Gasteiger charge is 2.28. The monoisotopic (exact) mass is 271 g/mol. The average Bonchev–Trinajstić information content (AvgIpc) is 2.77. The molecule has 1 aliphatic carbocycles. The number of halogens is 1. The maximum absolute atomic E-state index is 11.9. The third kappa shape index (κ3) is 3.10. The van der Waals surface area contributed by atoms with Gasteiger partial charge in [-0.3, -0.25) is 4.79 Å². The molecule has 0 radical (unpaired) electrons. The first kappa shape index (κ1) is 12.6. The molecule has 6 heteroatoms. The molecule has 1 fully saturated rings. The van der Waals surface area contributed by atoms with Gasteiger partial charge >= 0.3 is 0 Å². The van der Waals surface area contributed by atoms with Gasteiger partial charge in [0.05, 0.1) is 0 Å². The van der Waals surface area contributed by atoms with Crippen molar-refractivity contribution in [3.63, 3.8) is 0 Å². The number of carbonyl (C=O) groups is 1. The van der Waals surface area contributed by atoms with Crippen LogP contribution in [0.4, 0.5) is 0 Å². The lowest BCUT2D eigenvalue weighted by Gasteiger charge is -2.18. The van der Waals surface area contributed by atoms with Gasteiger partial charge in [-0.1, -0.05) is 18.0 Å². The maximum atomic E-state index is 11.9. The van der Waals surface area contributed by atoms with E-state index in [2.05, 4.69) is 21.8 Å². The van der Waals surface area contributed by atoms with E-state index in [0.29, 0.717) is 16.1 Å². The van der Waals surface area contributed by atoms with E-state index in [1.807, 2.05) is 11.8 Å². The Balaban J connectivity index is 1.99. The number of amides is 1. The van der Waals surface area contributed by atoms with Crippen LogP contribution in [0.5, 0.6) is 0 Å². The number of aromatic nitrogens is 2. The predicted molar refractivity (Wildman–Crippen MR) is 69.5 cm³/mol. The molecule has 1 saturated carbocycles. The Kier molecular flexibility index (Phi) is 4.23. The van der Waals surface area contributed by atoms with Gasteiger partial charge in [0.25, 0.3) is 5.91 Å². The molecule has 2 atom stereocenters. The minimum Gasteiger partial charge on any atom is -0.347 e. The molecular formula is C11H14ClN3OS. The van der Waals surface area contributed by atoms with Crippen LogP contribution in [0.2, 0.25) is 5.15 Å². The highest BCUT2D eigenvalue weighted by atomic mass is 35.5. The highest BCUT2D eigenvalue weighted by Crippen LogP contribution is 2.28. The summed E-state index contributed by atoms with van der Waals surface area (Å²) in [5, 5.41) is 11.3. The fourth-order valence-corrected chi connectivity index (χ4v) is 3.09. The van der Waals surface area contributed by atoms with Crippen LogP contribution in [0.25, 0.3) is 0 Å². The molecule has 1 N–H and O–H groups in total. The third-order valence-corrected chi connectivity index (χ3v) is 4.31. The van der Waals surface area contributed by atoms with Crippen molar-refractivity contribution < 1.29 is 4.79 Å². The molecule has 1 amide bonds. The molecule has 92 valence electrons. The molecule has 0 saturated heterocycles. The van der Waals surface area contributed by atoms with E-state index in [-0.39, 0.29) is 11.9 Å². The molecule has 1 aromatic rings. The Morgan fingerprint density at radius 1 is 1.47 bits per heavy atom. The molecule has 2 rings (SSSR count). The lowest BCUT2D eigenvalue weighted by molar-refractivity contribution is 0.0932. The van der Waals surface area contributed by atoms with E-state index in [4.69, 9.17) is 11.6 Å². The summed E-state index contributed by atoms with van der Waals surface area (Å²) in [6.45, 7) is 0. The fourth-order valence-electron chi connectivity index (χ4n) is 2.05. The van der Waals surface area contributed by atoms with Gasteiger partial charge in [0.1, 0.15) is 0 Å². The third-order valence-electron chi connectivity index (χ3n) is 2.94. The zero-order chi connectivity index (χ0) is 12.3. The second kappa shape index (κ2) is 5.69. The minimum absolute atomic E-state index is 0.167. The zero-order valence-electron chi connectivity index (χ0n) is 9.52. The summed E-state index contributed by atoms with van der Waals surface area (Å²) < 4.78 is 0. The summed E-state index contributed by atoms with van der Waals surface area (Å²) in [4.78, 5) is 11.9. The van der Waals surface area contributed by atoms with E-state index >= 15 is 0 Å². The highest BCUT2D eigenvalue weighted by molar-refractivity contribution is 7.99. The standard InChI is InChI=1S/C11H14ClN3OS/c1-17-9-4-2-3-7(9)13-11(16)8-5-6-10(12)15-14-8/h5-7,9H,2-4H2,1H3,(H,13,16). The van der Waals surface area contributed by atoms with Gasteiger partial charge in [0, 0.05) is 11.3 Å². The van der Waals surface area contributed by atoms with E-state index in [0.717, 1.165) is 6.42 Å². The quantitative estimate of drug-likeness (QED) is 0.915. The van der Waals surface area contributed by atoms with Crippen molar-refractivity contribution >= 4 is 29.3 Å². The second-order valence-electron chi connectivity index (χ2n) is 4.03. The molecule has 0 aliphatic heterocycles. The number of nitrogens with one attached hydrogen (secondary N) is 1. The summed E-state index contributed by atoms with van der Waals surface area (Å²) in [5.74, 6) is -0.167. The summed E-state index contributed by atoms with van der Waals surface area (Å²) >= 11 is 7.43. The van der Waals surface area contributed by atoms with Crippen molar-refractivity contribution in [2.45, 2.75) is 30.6 Å². The van der Waals surface area contributed by atoms with Crippen molar-refractivity contribution in [3.05, 3.63) is 23.0 Å². The minimum atomic E-state index is -0.167. The Bertz CT molecular complexity index is 398. The molecule has 1 aromatic heterocycles. The smallest absolute Gasteiger partial charge is 0.272 e. The number of carbonyl (C=O) groups excluding carboxylic acids is 1. The van der Waals surface area contributed by atoms with Gasteiger partial charge in [-0.2, -0.15) is 11.8 Å². The molecule has 0 spiro atoms. The Morgan fingerprint density at radius 3 is 2.94 bits per heavy atom. The Labute approximate surface area is 110 Å². The molecule has 1 aliphatic rings.